The Balaban J connectivity index is 1.55. The van der Waals surface area contributed by atoms with Crippen LogP contribution >= 0.6 is 11.6 Å². The highest BCUT2D eigenvalue weighted by atomic mass is 35.5. The molecule has 2 bridgehead atoms. The number of piperidine rings is 3. The number of hydrogen-bond donors (Lipinski definition) is 0. The molecular weight excluding hydrogens is 262 g/mol. The van der Waals surface area contributed by atoms with Crippen LogP contribution < -0.4 is 0 Å². The van der Waals surface area contributed by atoms with E-state index < -0.39 is 0 Å². The van der Waals surface area contributed by atoms with Crippen molar-refractivity contribution in [2.45, 2.75) is 19.4 Å². The number of esters is 1. The number of rotatable bonds is 3. The van der Waals surface area contributed by atoms with Gasteiger partial charge in [-0.2, -0.15) is 0 Å². The van der Waals surface area contributed by atoms with E-state index in [2.05, 4.69) is 4.90 Å². The molecule has 0 aromatic heterocycles. The molecule has 1 atom stereocenters. The van der Waals surface area contributed by atoms with Gasteiger partial charge in [0.05, 0.1) is 5.92 Å². The van der Waals surface area contributed by atoms with Gasteiger partial charge < -0.3 is 9.64 Å². The van der Waals surface area contributed by atoms with Crippen molar-refractivity contribution in [3.63, 3.8) is 0 Å². The maximum atomic E-state index is 12.2. The maximum Gasteiger partial charge on any atom is 0.310 e. The summed E-state index contributed by atoms with van der Waals surface area (Å²) in [5.74, 6) is 0.571. The molecule has 102 valence electrons. The molecule has 1 aromatic carbocycles. The van der Waals surface area contributed by atoms with Gasteiger partial charge in [-0.1, -0.05) is 23.7 Å². The summed E-state index contributed by atoms with van der Waals surface area (Å²) in [4.78, 5) is 14.5. The van der Waals surface area contributed by atoms with Gasteiger partial charge in [0, 0.05) is 11.6 Å². The molecule has 1 unspecified atom stereocenters. The van der Waals surface area contributed by atoms with E-state index in [4.69, 9.17) is 16.3 Å². The van der Waals surface area contributed by atoms with Crippen molar-refractivity contribution in [1.82, 2.24) is 4.90 Å². The zero-order valence-corrected chi connectivity index (χ0v) is 11.6. The van der Waals surface area contributed by atoms with Crippen LogP contribution in [0.3, 0.4) is 0 Å². The van der Waals surface area contributed by atoms with Crippen LogP contribution in [0.4, 0.5) is 0 Å². The lowest BCUT2D eigenvalue weighted by molar-refractivity contribution is -0.156. The Morgan fingerprint density at radius 3 is 2.53 bits per heavy atom. The zero-order chi connectivity index (χ0) is 13.2. The highest BCUT2D eigenvalue weighted by molar-refractivity contribution is 6.30. The van der Waals surface area contributed by atoms with Crippen molar-refractivity contribution in [1.29, 1.82) is 0 Å². The Labute approximate surface area is 118 Å². The predicted octanol–water partition coefficient (Wildman–Crippen LogP) is 2.73. The van der Waals surface area contributed by atoms with Crippen molar-refractivity contribution < 1.29 is 9.53 Å². The van der Waals surface area contributed by atoms with Crippen LogP contribution in [0.5, 0.6) is 0 Å². The van der Waals surface area contributed by atoms with Crippen LogP contribution in [0.25, 0.3) is 0 Å². The zero-order valence-electron chi connectivity index (χ0n) is 10.8. The third-order valence-corrected chi connectivity index (χ3v) is 4.51. The second-order valence-corrected chi connectivity index (χ2v) is 5.92. The number of halogens is 1. The fourth-order valence-corrected chi connectivity index (χ4v) is 3.20. The smallest absolute Gasteiger partial charge is 0.310 e. The Bertz CT molecular complexity index is 452. The summed E-state index contributed by atoms with van der Waals surface area (Å²) in [6, 6.07) is 7.43. The molecule has 3 fully saturated rings. The first kappa shape index (κ1) is 12.9. The van der Waals surface area contributed by atoms with Gasteiger partial charge in [-0.3, -0.25) is 4.79 Å². The normalized spacial score (nSPS) is 29.2. The Morgan fingerprint density at radius 2 is 1.95 bits per heavy atom. The second kappa shape index (κ2) is 5.51. The maximum absolute atomic E-state index is 12.2. The van der Waals surface area contributed by atoms with Gasteiger partial charge >= 0.3 is 5.97 Å². The van der Waals surface area contributed by atoms with E-state index >= 15 is 0 Å². The number of nitrogens with zero attached hydrogens (tertiary/aromatic N) is 1. The van der Waals surface area contributed by atoms with Crippen LogP contribution in [0.2, 0.25) is 5.02 Å². The lowest BCUT2D eigenvalue weighted by Gasteiger charge is -2.43. The molecule has 3 saturated heterocycles. The van der Waals surface area contributed by atoms with Gasteiger partial charge in [-0.05, 0) is 49.5 Å². The molecule has 0 N–H and O–H groups in total. The second-order valence-electron chi connectivity index (χ2n) is 5.48. The first-order valence-corrected chi connectivity index (χ1v) is 7.23. The summed E-state index contributed by atoms with van der Waals surface area (Å²) in [5.41, 5.74) is 0.985. The standard InChI is InChI=1S/C15H18ClNO2/c16-13-3-1-11(2-4-13)10-19-15(18)14-9-17-7-5-12(14)6-8-17/h1-4,12,14H,5-10H2. The lowest BCUT2D eigenvalue weighted by atomic mass is 9.79. The third kappa shape index (κ3) is 2.93. The highest BCUT2D eigenvalue weighted by Gasteiger charge is 2.39. The topological polar surface area (TPSA) is 29.5 Å². The van der Waals surface area contributed by atoms with Crippen molar-refractivity contribution in [2.75, 3.05) is 19.6 Å². The fourth-order valence-electron chi connectivity index (χ4n) is 3.07. The molecule has 0 aliphatic carbocycles. The average molecular weight is 280 g/mol. The molecule has 3 aliphatic heterocycles. The van der Waals surface area contributed by atoms with Crippen molar-refractivity contribution in [2.24, 2.45) is 11.8 Å². The molecule has 0 radical (unpaired) electrons. The Hall–Kier alpha value is -1.06. The quantitative estimate of drug-likeness (QED) is 0.797. The predicted molar refractivity (Wildman–Crippen MR) is 73.9 cm³/mol. The van der Waals surface area contributed by atoms with Crippen molar-refractivity contribution in [3.05, 3.63) is 34.9 Å². The summed E-state index contributed by atoms with van der Waals surface area (Å²) < 4.78 is 5.45. The number of fused-ring (bicyclic) bond motifs is 3. The van der Waals surface area contributed by atoms with Crippen LogP contribution in [0, 0.1) is 11.8 Å². The first-order valence-electron chi connectivity index (χ1n) is 6.86. The van der Waals surface area contributed by atoms with E-state index in [1.54, 1.807) is 0 Å². The van der Waals surface area contributed by atoms with Gasteiger partial charge in [0.2, 0.25) is 0 Å². The van der Waals surface area contributed by atoms with E-state index in [-0.39, 0.29) is 11.9 Å². The molecule has 19 heavy (non-hydrogen) atoms. The number of carbonyl (C=O) groups is 1. The van der Waals surface area contributed by atoms with E-state index in [0.717, 1.165) is 38.0 Å². The van der Waals surface area contributed by atoms with E-state index in [1.807, 2.05) is 24.3 Å². The third-order valence-electron chi connectivity index (χ3n) is 4.25. The van der Waals surface area contributed by atoms with Gasteiger partial charge in [0.25, 0.3) is 0 Å². The molecule has 0 saturated carbocycles. The summed E-state index contributed by atoms with van der Waals surface area (Å²) in [7, 11) is 0. The monoisotopic (exact) mass is 279 g/mol. The van der Waals surface area contributed by atoms with Crippen molar-refractivity contribution in [3.8, 4) is 0 Å². The molecular formula is C15H18ClNO2. The molecule has 3 nitrogen and oxygen atoms in total. The summed E-state index contributed by atoms with van der Waals surface area (Å²) in [6.45, 7) is 3.51. The Kier molecular flexibility index (Phi) is 3.76. The lowest BCUT2D eigenvalue weighted by Crippen LogP contribution is -2.50. The molecule has 0 amide bonds. The summed E-state index contributed by atoms with van der Waals surface area (Å²) >= 11 is 5.83. The van der Waals surface area contributed by atoms with E-state index in [0.29, 0.717) is 17.5 Å². The minimum Gasteiger partial charge on any atom is -0.461 e. The van der Waals surface area contributed by atoms with Gasteiger partial charge in [0.15, 0.2) is 0 Å². The van der Waals surface area contributed by atoms with Crippen LogP contribution in [-0.4, -0.2) is 30.5 Å². The molecule has 4 rings (SSSR count). The van der Waals surface area contributed by atoms with Crippen LogP contribution in [0.1, 0.15) is 18.4 Å². The van der Waals surface area contributed by atoms with Gasteiger partial charge in [-0.25, -0.2) is 0 Å². The molecule has 1 aromatic rings. The number of hydrogen-bond acceptors (Lipinski definition) is 3. The van der Waals surface area contributed by atoms with E-state index in [1.165, 1.54) is 0 Å². The largest absolute Gasteiger partial charge is 0.461 e. The van der Waals surface area contributed by atoms with Crippen LogP contribution in [0.15, 0.2) is 24.3 Å². The van der Waals surface area contributed by atoms with Gasteiger partial charge in [0.1, 0.15) is 6.61 Å². The van der Waals surface area contributed by atoms with Crippen molar-refractivity contribution >= 4 is 17.6 Å². The van der Waals surface area contributed by atoms with Gasteiger partial charge in [-0.15, -0.1) is 0 Å². The molecule has 4 heteroatoms. The molecule has 0 spiro atoms. The Morgan fingerprint density at radius 1 is 1.26 bits per heavy atom. The molecule has 3 aliphatic rings. The number of ether oxygens (including phenoxy) is 1. The molecule has 3 heterocycles. The number of benzene rings is 1. The summed E-state index contributed by atoms with van der Waals surface area (Å²) in [5, 5.41) is 0.701. The minimum absolute atomic E-state index is 0.0376. The fraction of sp³-hybridized carbons (Fsp3) is 0.533. The minimum atomic E-state index is -0.0376. The highest BCUT2D eigenvalue weighted by Crippen LogP contribution is 2.33. The van der Waals surface area contributed by atoms with E-state index in [9.17, 15) is 4.79 Å². The van der Waals surface area contributed by atoms with Crippen LogP contribution in [-0.2, 0) is 16.1 Å². The SMILES string of the molecule is O=C(OCc1ccc(Cl)cc1)C1CN2CCC1CC2. The summed E-state index contributed by atoms with van der Waals surface area (Å²) in [6.07, 6.45) is 2.28. The number of carbonyl (C=O) groups excluding carboxylic acids is 1. The average Bonchev–Trinajstić information content (AvgIpc) is 2.47. The first-order chi connectivity index (χ1) is 9.22.